The number of unbranched alkanes of at least 4 members (excludes halogenated alkanes) is 1. The zero-order valence-corrected chi connectivity index (χ0v) is 20.8. The van der Waals surface area contributed by atoms with Crippen LogP contribution in [0.2, 0.25) is 0 Å². The third kappa shape index (κ3) is 7.17. The maximum atomic E-state index is 12.7. The molecule has 0 aliphatic heterocycles. The summed E-state index contributed by atoms with van der Waals surface area (Å²) in [5.41, 5.74) is 4.76. The summed E-state index contributed by atoms with van der Waals surface area (Å²) in [6.45, 7) is 2.81. The second-order valence-electron chi connectivity index (χ2n) is 8.32. The van der Waals surface area contributed by atoms with E-state index in [1.54, 1.807) is 31.4 Å². The summed E-state index contributed by atoms with van der Waals surface area (Å²) in [6, 6.07) is 22.1. The zero-order chi connectivity index (χ0) is 24.6. The van der Waals surface area contributed by atoms with E-state index in [2.05, 4.69) is 12.2 Å². The molecule has 180 valence electrons. The first-order valence-electron chi connectivity index (χ1n) is 11.3. The number of rotatable bonds is 11. The zero-order valence-electron chi connectivity index (χ0n) is 20.0. The molecule has 0 bridgehead atoms. The van der Waals surface area contributed by atoms with E-state index in [-0.39, 0.29) is 12.5 Å². The van der Waals surface area contributed by atoms with Crippen molar-refractivity contribution in [2.45, 2.75) is 39.3 Å². The molecular weight excluding hydrogens is 448 g/mol. The van der Waals surface area contributed by atoms with Crippen LogP contribution in [0.4, 0.5) is 11.4 Å². The van der Waals surface area contributed by atoms with Crippen LogP contribution in [0.3, 0.4) is 0 Å². The third-order valence-electron chi connectivity index (χ3n) is 5.48. The van der Waals surface area contributed by atoms with Gasteiger partial charge in [0.25, 0.3) is 5.91 Å². The molecule has 0 atom stereocenters. The molecule has 0 aromatic heterocycles. The van der Waals surface area contributed by atoms with Crippen molar-refractivity contribution in [3.05, 3.63) is 95.1 Å². The van der Waals surface area contributed by atoms with E-state index in [4.69, 9.17) is 4.74 Å². The fraction of sp³-hybridized carbons (Fsp3) is 0.296. The van der Waals surface area contributed by atoms with Gasteiger partial charge in [0.05, 0.1) is 25.1 Å². The van der Waals surface area contributed by atoms with Gasteiger partial charge in [-0.2, -0.15) is 0 Å². The number of anilines is 2. The molecule has 6 nitrogen and oxygen atoms in total. The highest BCUT2D eigenvalue weighted by Gasteiger charge is 2.18. The molecule has 0 heterocycles. The van der Waals surface area contributed by atoms with E-state index >= 15 is 0 Å². The van der Waals surface area contributed by atoms with Crippen LogP contribution >= 0.6 is 0 Å². The normalized spacial score (nSPS) is 11.3. The van der Waals surface area contributed by atoms with Crippen molar-refractivity contribution < 1.29 is 17.9 Å². The Bertz CT molecular complexity index is 1190. The molecule has 0 unspecified atom stereocenters. The van der Waals surface area contributed by atoms with Gasteiger partial charge in [-0.3, -0.25) is 9.10 Å². The van der Waals surface area contributed by atoms with Gasteiger partial charge in [-0.05, 0) is 65.9 Å². The van der Waals surface area contributed by atoms with Crippen molar-refractivity contribution in [1.29, 1.82) is 0 Å². The molecule has 0 aliphatic rings. The highest BCUT2D eigenvalue weighted by molar-refractivity contribution is 7.92. The van der Waals surface area contributed by atoms with E-state index in [1.807, 2.05) is 48.5 Å². The molecule has 1 N–H and O–H groups in total. The lowest BCUT2D eigenvalue weighted by Gasteiger charge is -2.23. The van der Waals surface area contributed by atoms with Crippen molar-refractivity contribution in [1.82, 2.24) is 0 Å². The molecule has 0 spiro atoms. The smallest absolute Gasteiger partial charge is 0.255 e. The van der Waals surface area contributed by atoms with Gasteiger partial charge in [0.15, 0.2) is 0 Å². The van der Waals surface area contributed by atoms with Gasteiger partial charge in [-0.15, -0.1) is 0 Å². The van der Waals surface area contributed by atoms with Crippen LogP contribution in [0.25, 0.3) is 0 Å². The fourth-order valence-electron chi connectivity index (χ4n) is 3.65. The summed E-state index contributed by atoms with van der Waals surface area (Å²) in [6.07, 6.45) is 4.41. The monoisotopic (exact) mass is 480 g/mol. The summed E-state index contributed by atoms with van der Waals surface area (Å²) in [5.74, 6) is -0.233. The van der Waals surface area contributed by atoms with Gasteiger partial charge in [-0.25, -0.2) is 8.42 Å². The molecule has 3 aromatic rings. The number of amides is 1. The number of nitrogens with one attached hydrogen (secondary N) is 1. The third-order valence-corrected chi connectivity index (χ3v) is 6.62. The Morgan fingerprint density at radius 3 is 2.24 bits per heavy atom. The van der Waals surface area contributed by atoms with Gasteiger partial charge >= 0.3 is 0 Å². The van der Waals surface area contributed by atoms with Crippen molar-refractivity contribution in [3.8, 4) is 0 Å². The number of methoxy groups -OCH3 is 1. The van der Waals surface area contributed by atoms with Gasteiger partial charge in [0.2, 0.25) is 10.0 Å². The minimum Gasteiger partial charge on any atom is -0.380 e. The van der Waals surface area contributed by atoms with Gasteiger partial charge in [0, 0.05) is 18.4 Å². The molecule has 0 saturated carbocycles. The van der Waals surface area contributed by atoms with Gasteiger partial charge < -0.3 is 10.1 Å². The highest BCUT2D eigenvalue weighted by Crippen LogP contribution is 2.22. The Balaban J connectivity index is 1.71. The number of carbonyl (C=O) groups is 1. The van der Waals surface area contributed by atoms with E-state index in [1.165, 1.54) is 16.1 Å². The van der Waals surface area contributed by atoms with Crippen LogP contribution in [0.15, 0.2) is 72.8 Å². The first-order valence-corrected chi connectivity index (χ1v) is 13.2. The molecule has 1 amide bonds. The molecule has 0 saturated heterocycles. The Labute approximate surface area is 202 Å². The molecule has 0 radical (unpaired) electrons. The number of sulfonamides is 1. The fourth-order valence-corrected chi connectivity index (χ4v) is 4.53. The van der Waals surface area contributed by atoms with E-state index in [9.17, 15) is 13.2 Å². The summed E-state index contributed by atoms with van der Waals surface area (Å²) in [7, 11) is -1.85. The maximum Gasteiger partial charge on any atom is 0.255 e. The summed E-state index contributed by atoms with van der Waals surface area (Å²) in [4.78, 5) is 12.7. The molecule has 0 aliphatic carbocycles. The summed E-state index contributed by atoms with van der Waals surface area (Å²) in [5, 5.41) is 2.89. The molecular formula is C27H32N2O4S. The standard InChI is InChI=1S/C27H32N2O4S/c1-4-5-7-21-12-16-26(17-13-21)29(34(3,31)32)19-22-10-14-24(15-11-22)27(30)28-25-9-6-8-23(18-25)20-33-2/h6,8-18H,4-5,7,19-20H2,1-3H3,(H,28,30). The predicted octanol–water partition coefficient (Wildman–Crippen LogP) is 5.39. The number of hydrogen-bond donors (Lipinski definition) is 1. The lowest BCUT2D eigenvalue weighted by molar-refractivity contribution is 0.102. The van der Waals surface area contributed by atoms with Gasteiger partial charge in [0.1, 0.15) is 0 Å². The van der Waals surface area contributed by atoms with Gasteiger partial charge in [-0.1, -0.05) is 49.7 Å². The highest BCUT2D eigenvalue weighted by atomic mass is 32.2. The SMILES string of the molecule is CCCCc1ccc(N(Cc2ccc(C(=O)Nc3cccc(COC)c3)cc2)S(C)(=O)=O)cc1. The lowest BCUT2D eigenvalue weighted by Crippen LogP contribution is -2.29. The van der Waals surface area contributed by atoms with Crippen LogP contribution in [0.5, 0.6) is 0 Å². The topological polar surface area (TPSA) is 75.7 Å². The first-order chi connectivity index (χ1) is 16.3. The average molecular weight is 481 g/mol. The van der Waals surface area contributed by atoms with Crippen molar-refractivity contribution >= 4 is 27.3 Å². The number of ether oxygens (including phenoxy) is 1. The second kappa shape index (κ2) is 11.8. The van der Waals surface area contributed by atoms with Crippen LogP contribution < -0.4 is 9.62 Å². The van der Waals surface area contributed by atoms with Crippen molar-refractivity contribution in [2.24, 2.45) is 0 Å². The van der Waals surface area contributed by atoms with Crippen LogP contribution in [0, 0.1) is 0 Å². The van der Waals surface area contributed by atoms with E-state index < -0.39 is 10.0 Å². The van der Waals surface area contributed by atoms with Crippen LogP contribution in [0.1, 0.15) is 46.8 Å². The molecule has 3 rings (SSSR count). The maximum absolute atomic E-state index is 12.7. The van der Waals surface area contributed by atoms with E-state index in [0.717, 1.165) is 30.4 Å². The quantitative estimate of drug-likeness (QED) is 0.399. The summed E-state index contributed by atoms with van der Waals surface area (Å²) < 4.78 is 31.5. The van der Waals surface area contributed by atoms with Crippen LogP contribution in [-0.4, -0.2) is 27.7 Å². The summed E-state index contributed by atoms with van der Waals surface area (Å²) >= 11 is 0. The molecule has 3 aromatic carbocycles. The van der Waals surface area contributed by atoms with Crippen molar-refractivity contribution in [3.63, 3.8) is 0 Å². The average Bonchev–Trinajstić information content (AvgIpc) is 2.82. The number of aryl methyl sites for hydroxylation is 1. The number of carbonyl (C=O) groups excluding carboxylic acids is 1. The Hall–Kier alpha value is -3.16. The second-order valence-corrected chi connectivity index (χ2v) is 10.2. The number of nitrogens with zero attached hydrogens (tertiary/aromatic N) is 1. The Morgan fingerprint density at radius 2 is 1.62 bits per heavy atom. The number of hydrogen-bond acceptors (Lipinski definition) is 4. The number of benzene rings is 3. The molecule has 34 heavy (non-hydrogen) atoms. The minimum atomic E-state index is -3.48. The predicted molar refractivity (Wildman–Crippen MR) is 138 cm³/mol. The lowest BCUT2D eigenvalue weighted by atomic mass is 10.1. The Kier molecular flexibility index (Phi) is 8.85. The largest absolute Gasteiger partial charge is 0.380 e. The van der Waals surface area contributed by atoms with Crippen molar-refractivity contribution in [2.75, 3.05) is 23.0 Å². The minimum absolute atomic E-state index is 0.189. The molecule has 7 heteroatoms. The Morgan fingerprint density at radius 1 is 0.941 bits per heavy atom. The molecule has 0 fully saturated rings. The van der Waals surface area contributed by atoms with Crippen LogP contribution in [-0.2, 0) is 34.3 Å². The van der Waals surface area contributed by atoms with E-state index in [0.29, 0.717) is 23.5 Å². The first kappa shape index (κ1) is 25.5.